The van der Waals surface area contributed by atoms with Gasteiger partial charge in [-0.2, -0.15) is 0 Å². The lowest BCUT2D eigenvalue weighted by Gasteiger charge is -2.30. The number of phenols is 1. The van der Waals surface area contributed by atoms with E-state index in [2.05, 4.69) is 76.2 Å². The second-order valence-electron chi connectivity index (χ2n) is 7.71. The van der Waals surface area contributed by atoms with Crippen molar-refractivity contribution in [1.29, 1.82) is 0 Å². The van der Waals surface area contributed by atoms with Crippen LogP contribution in [0.1, 0.15) is 49.9 Å². The summed E-state index contributed by atoms with van der Waals surface area (Å²) in [5.41, 5.74) is 4.09. The Balaban J connectivity index is 2.02. The first-order valence-corrected chi connectivity index (χ1v) is 8.78. The highest BCUT2D eigenvalue weighted by Crippen LogP contribution is 2.40. The fraction of sp³-hybridized carbons (Fsp3) is 0.250. The van der Waals surface area contributed by atoms with Crippen molar-refractivity contribution in [2.45, 2.75) is 38.5 Å². The van der Waals surface area contributed by atoms with Crippen LogP contribution in [-0.4, -0.2) is 5.11 Å². The highest BCUT2D eigenvalue weighted by atomic mass is 16.3. The maximum atomic E-state index is 10.8. The summed E-state index contributed by atoms with van der Waals surface area (Å²) in [5, 5.41) is 10.8. The molecule has 0 amide bonds. The van der Waals surface area contributed by atoms with E-state index in [0.29, 0.717) is 5.75 Å². The molecule has 0 atom stereocenters. The van der Waals surface area contributed by atoms with Crippen molar-refractivity contribution < 1.29 is 5.11 Å². The molecule has 0 aliphatic heterocycles. The molecule has 0 bridgehead atoms. The molecule has 0 saturated heterocycles. The molecule has 128 valence electrons. The molecule has 0 spiro atoms. The van der Waals surface area contributed by atoms with E-state index < -0.39 is 0 Å². The van der Waals surface area contributed by atoms with Crippen molar-refractivity contribution >= 4 is 0 Å². The fourth-order valence-electron chi connectivity index (χ4n) is 3.48. The van der Waals surface area contributed by atoms with Crippen LogP contribution < -0.4 is 0 Å². The number of hydrogen-bond acceptors (Lipinski definition) is 1. The molecule has 25 heavy (non-hydrogen) atoms. The van der Waals surface area contributed by atoms with Gasteiger partial charge in [-0.1, -0.05) is 100 Å². The molecule has 1 nitrogen and oxygen atoms in total. The first-order chi connectivity index (χ1) is 11.8. The van der Waals surface area contributed by atoms with Gasteiger partial charge >= 0.3 is 0 Å². The monoisotopic (exact) mass is 330 g/mol. The molecular formula is C24H26O. The Morgan fingerprint density at radius 1 is 0.560 bits per heavy atom. The molecule has 1 N–H and O–H groups in total. The summed E-state index contributed by atoms with van der Waals surface area (Å²) in [5.74, 6) is 0.357. The van der Waals surface area contributed by atoms with Gasteiger partial charge in [0.15, 0.2) is 0 Å². The summed E-state index contributed by atoms with van der Waals surface area (Å²) >= 11 is 0. The van der Waals surface area contributed by atoms with E-state index >= 15 is 0 Å². The van der Waals surface area contributed by atoms with Gasteiger partial charge in [0.25, 0.3) is 0 Å². The van der Waals surface area contributed by atoms with E-state index in [4.69, 9.17) is 0 Å². The van der Waals surface area contributed by atoms with Crippen molar-refractivity contribution in [3.63, 3.8) is 0 Å². The SMILES string of the molecule is CC(C)(c1ccccc1)c1ccc(C(C)(C)c2ccccc2)c(O)c1. The molecular weight excluding hydrogens is 304 g/mol. The van der Waals surface area contributed by atoms with Crippen molar-refractivity contribution in [3.8, 4) is 5.75 Å². The standard InChI is InChI=1S/C24H26O/c1-23(2,18-11-7-5-8-12-18)20-15-16-21(22(25)17-20)24(3,4)19-13-9-6-10-14-19/h5-17,25H,1-4H3. The zero-order valence-corrected chi connectivity index (χ0v) is 15.5. The summed E-state index contributed by atoms with van der Waals surface area (Å²) in [4.78, 5) is 0. The highest BCUT2D eigenvalue weighted by molar-refractivity contribution is 5.50. The van der Waals surface area contributed by atoms with Crippen LogP contribution in [0.2, 0.25) is 0 Å². The molecule has 0 heterocycles. The normalized spacial score (nSPS) is 12.2. The van der Waals surface area contributed by atoms with Crippen molar-refractivity contribution in [2.75, 3.05) is 0 Å². The lowest BCUT2D eigenvalue weighted by Crippen LogP contribution is -2.21. The number of phenolic OH excluding ortho intramolecular Hbond substituents is 1. The van der Waals surface area contributed by atoms with Gasteiger partial charge in [-0.05, 0) is 22.8 Å². The van der Waals surface area contributed by atoms with Gasteiger partial charge in [0.1, 0.15) is 5.75 Å². The third-order valence-electron chi connectivity index (χ3n) is 5.38. The molecule has 3 aromatic carbocycles. The van der Waals surface area contributed by atoms with Crippen LogP contribution in [0.3, 0.4) is 0 Å². The van der Waals surface area contributed by atoms with Crippen LogP contribution in [0.15, 0.2) is 78.9 Å². The Morgan fingerprint density at radius 3 is 1.52 bits per heavy atom. The molecule has 0 aromatic heterocycles. The molecule has 0 fully saturated rings. The van der Waals surface area contributed by atoms with E-state index in [0.717, 1.165) is 11.1 Å². The molecule has 1 heteroatoms. The lowest BCUT2D eigenvalue weighted by atomic mass is 9.74. The maximum Gasteiger partial charge on any atom is 0.119 e. The zero-order chi connectivity index (χ0) is 18.1. The first kappa shape index (κ1) is 17.3. The molecule has 3 rings (SSSR count). The Kier molecular flexibility index (Phi) is 4.43. The van der Waals surface area contributed by atoms with Crippen LogP contribution in [0, 0.1) is 0 Å². The average molecular weight is 330 g/mol. The van der Waals surface area contributed by atoms with Crippen LogP contribution in [0.25, 0.3) is 0 Å². The summed E-state index contributed by atoms with van der Waals surface area (Å²) in [6.45, 7) is 8.69. The summed E-state index contributed by atoms with van der Waals surface area (Å²) in [6, 6.07) is 26.9. The molecule has 0 radical (unpaired) electrons. The number of benzene rings is 3. The molecule has 0 saturated carbocycles. The summed E-state index contributed by atoms with van der Waals surface area (Å²) in [7, 11) is 0. The van der Waals surface area contributed by atoms with Crippen LogP contribution in [0.4, 0.5) is 0 Å². The number of aromatic hydroxyl groups is 1. The minimum Gasteiger partial charge on any atom is -0.508 e. The molecule has 0 aliphatic rings. The number of hydrogen-bond donors (Lipinski definition) is 1. The molecule has 3 aromatic rings. The Hall–Kier alpha value is -2.54. The van der Waals surface area contributed by atoms with Gasteiger partial charge in [0.05, 0.1) is 0 Å². The summed E-state index contributed by atoms with van der Waals surface area (Å²) < 4.78 is 0. The van der Waals surface area contributed by atoms with E-state index in [1.54, 1.807) is 0 Å². The highest BCUT2D eigenvalue weighted by Gasteiger charge is 2.29. The average Bonchev–Trinajstić information content (AvgIpc) is 2.63. The maximum absolute atomic E-state index is 10.8. The Morgan fingerprint density at radius 2 is 1.04 bits per heavy atom. The summed E-state index contributed by atoms with van der Waals surface area (Å²) in [6.07, 6.45) is 0. The second kappa shape index (κ2) is 6.40. The third-order valence-corrected chi connectivity index (χ3v) is 5.38. The smallest absolute Gasteiger partial charge is 0.119 e. The minimum atomic E-state index is -0.249. The molecule has 0 unspecified atom stereocenters. The predicted octanol–water partition coefficient (Wildman–Crippen LogP) is 6.04. The van der Waals surface area contributed by atoms with Crippen LogP contribution >= 0.6 is 0 Å². The quantitative estimate of drug-likeness (QED) is 0.618. The van der Waals surface area contributed by atoms with Gasteiger partial charge in [-0.3, -0.25) is 0 Å². The first-order valence-electron chi connectivity index (χ1n) is 8.78. The number of rotatable bonds is 4. The minimum absolute atomic E-state index is 0.159. The van der Waals surface area contributed by atoms with Crippen molar-refractivity contribution in [3.05, 3.63) is 101 Å². The Labute approximate surface area is 151 Å². The second-order valence-corrected chi connectivity index (χ2v) is 7.71. The third kappa shape index (κ3) is 3.19. The predicted molar refractivity (Wildman–Crippen MR) is 105 cm³/mol. The van der Waals surface area contributed by atoms with Gasteiger partial charge < -0.3 is 5.11 Å². The van der Waals surface area contributed by atoms with Gasteiger partial charge in [0.2, 0.25) is 0 Å². The van der Waals surface area contributed by atoms with E-state index in [1.807, 2.05) is 30.3 Å². The van der Waals surface area contributed by atoms with Gasteiger partial charge in [-0.15, -0.1) is 0 Å². The largest absolute Gasteiger partial charge is 0.508 e. The molecule has 0 aliphatic carbocycles. The fourth-order valence-corrected chi connectivity index (χ4v) is 3.48. The van der Waals surface area contributed by atoms with E-state index in [9.17, 15) is 5.11 Å². The van der Waals surface area contributed by atoms with E-state index in [1.165, 1.54) is 11.1 Å². The zero-order valence-electron chi connectivity index (χ0n) is 15.5. The topological polar surface area (TPSA) is 20.2 Å². The van der Waals surface area contributed by atoms with E-state index in [-0.39, 0.29) is 10.8 Å². The van der Waals surface area contributed by atoms with Crippen LogP contribution in [-0.2, 0) is 10.8 Å². The lowest BCUT2D eigenvalue weighted by molar-refractivity contribution is 0.450. The van der Waals surface area contributed by atoms with Crippen LogP contribution in [0.5, 0.6) is 5.75 Å². The van der Waals surface area contributed by atoms with Gasteiger partial charge in [0, 0.05) is 16.4 Å². The van der Waals surface area contributed by atoms with Gasteiger partial charge in [-0.25, -0.2) is 0 Å². The van der Waals surface area contributed by atoms with Crippen molar-refractivity contribution in [2.24, 2.45) is 0 Å². The Bertz CT molecular complexity index is 846. The van der Waals surface area contributed by atoms with Crippen molar-refractivity contribution in [1.82, 2.24) is 0 Å².